The molecule has 0 aliphatic carbocycles. The molecule has 0 saturated carbocycles. The van der Waals surface area contributed by atoms with Crippen molar-refractivity contribution in [2.24, 2.45) is 0 Å². The Morgan fingerprint density at radius 3 is 2.85 bits per heavy atom. The van der Waals surface area contributed by atoms with E-state index in [0.29, 0.717) is 19.7 Å². The molecule has 3 rings (SSSR count). The molecule has 0 spiro atoms. The molecule has 1 N–H and O–H groups in total. The standard InChI is InChI=1S/C21H26N2O3/c1-3-26-20-8-7-17-10-12-23(15-18(17)14-20)21(24)22-11-9-16-5-4-6-19(13-16)25-2/h4-8,13-14H,3,9-12,15H2,1-2H3,(H,22,24). The number of rotatable bonds is 6. The zero-order valence-corrected chi connectivity index (χ0v) is 15.5. The van der Waals surface area contributed by atoms with E-state index in [9.17, 15) is 4.79 Å². The summed E-state index contributed by atoms with van der Waals surface area (Å²) in [6.07, 6.45) is 1.66. The van der Waals surface area contributed by atoms with Gasteiger partial charge in [-0.3, -0.25) is 0 Å². The molecule has 1 heterocycles. The van der Waals surface area contributed by atoms with E-state index in [1.807, 2.05) is 42.2 Å². The SMILES string of the molecule is CCOc1ccc2c(c1)CN(C(=O)NCCc1cccc(OC)c1)CC2. The van der Waals surface area contributed by atoms with E-state index in [1.165, 1.54) is 11.1 Å². The Morgan fingerprint density at radius 1 is 1.15 bits per heavy atom. The van der Waals surface area contributed by atoms with E-state index >= 15 is 0 Å². The maximum absolute atomic E-state index is 12.5. The van der Waals surface area contributed by atoms with Crippen LogP contribution in [0, 0.1) is 0 Å². The number of ether oxygens (including phenoxy) is 2. The fourth-order valence-corrected chi connectivity index (χ4v) is 3.22. The van der Waals surface area contributed by atoms with Gasteiger partial charge in [-0.2, -0.15) is 0 Å². The number of carbonyl (C=O) groups is 1. The lowest BCUT2D eigenvalue weighted by Crippen LogP contribution is -2.43. The van der Waals surface area contributed by atoms with Crippen molar-refractivity contribution in [1.82, 2.24) is 10.2 Å². The number of carbonyl (C=O) groups excluding carboxylic acids is 1. The molecule has 2 aromatic carbocycles. The van der Waals surface area contributed by atoms with Gasteiger partial charge in [0.25, 0.3) is 0 Å². The number of benzene rings is 2. The number of nitrogens with one attached hydrogen (secondary N) is 1. The molecule has 0 saturated heterocycles. The summed E-state index contributed by atoms with van der Waals surface area (Å²) in [5.41, 5.74) is 3.62. The second kappa shape index (κ2) is 8.61. The van der Waals surface area contributed by atoms with Crippen LogP contribution in [0.2, 0.25) is 0 Å². The maximum Gasteiger partial charge on any atom is 0.317 e. The highest BCUT2D eigenvalue weighted by molar-refractivity contribution is 5.74. The summed E-state index contributed by atoms with van der Waals surface area (Å²) in [7, 11) is 1.66. The van der Waals surface area contributed by atoms with Crippen molar-refractivity contribution in [3.05, 3.63) is 59.2 Å². The summed E-state index contributed by atoms with van der Waals surface area (Å²) in [6.45, 7) is 4.59. The van der Waals surface area contributed by atoms with E-state index < -0.39 is 0 Å². The highest BCUT2D eigenvalue weighted by atomic mass is 16.5. The lowest BCUT2D eigenvalue weighted by atomic mass is 10.00. The molecule has 0 radical (unpaired) electrons. The lowest BCUT2D eigenvalue weighted by molar-refractivity contribution is 0.192. The molecule has 0 unspecified atom stereocenters. The number of nitrogens with zero attached hydrogens (tertiary/aromatic N) is 1. The third-order valence-corrected chi connectivity index (χ3v) is 4.61. The van der Waals surface area contributed by atoms with Gasteiger partial charge < -0.3 is 19.7 Å². The number of amides is 2. The molecule has 1 aliphatic rings. The molecule has 0 atom stereocenters. The predicted molar refractivity (Wildman–Crippen MR) is 102 cm³/mol. The highest BCUT2D eigenvalue weighted by Gasteiger charge is 2.20. The van der Waals surface area contributed by atoms with Gasteiger partial charge in [-0.15, -0.1) is 0 Å². The summed E-state index contributed by atoms with van der Waals surface area (Å²) in [5.74, 6) is 1.71. The fraction of sp³-hybridized carbons (Fsp3) is 0.381. The molecule has 0 bridgehead atoms. The zero-order chi connectivity index (χ0) is 18.4. The molecule has 26 heavy (non-hydrogen) atoms. The van der Waals surface area contributed by atoms with E-state index in [4.69, 9.17) is 9.47 Å². The smallest absolute Gasteiger partial charge is 0.317 e. The number of methoxy groups -OCH3 is 1. The minimum Gasteiger partial charge on any atom is -0.497 e. The number of hydrogen-bond donors (Lipinski definition) is 1. The first kappa shape index (κ1) is 18.1. The van der Waals surface area contributed by atoms with Crippen LogP contribution >= 0.6 is 0 Å². The molecule has 2 aromatic rings. The summed E-state index contributed by atoms with van der Waals surface area (Å²) in [6, 6.07) is 14.1. The van der Waals surface area contributed by atoms with Crippen molar-refractivity contribution in [2.75, 3.05) is 26.8 Å². The number of fused-ring (bicyclic) bond motifs is 1. The first-order chi connectivity index (χ1) is 12.7. The third-order valence-electron chi connectivity index (χ3n) is 4.61. The molecule has 138 valence electrons. The molecule has 1 aliphatic heterocycles. The Bertz CT molecular complexity index is 761. The van der Waals surface area contributed by atoms with Gasteiger partial charge in [0, 0.05) is 19.6 Å². The van der Waals surface area contributed by atoms with Gasteiger partial charge in [-0.05, 0) is 60.7 Å². The predicted octanol–water partition coefficient (Wildman–Crippen LogP) is 3.40. The zero-order valence-electron chi connectivity index (χ0n) is 15.5. The van der Waals surface area contributed by atoms with Gasteiger partial charge >= 0.3 is 6.03 Å². The van der Waals surface area contributed by atoms with E-state index in [-0.39, 0.29) is 6.03 Å². The monoisotopic (exact) mass is 354 g/mol. The molecule has 0 fully saturated rings. The van der Waals surface area contributed by atoms with E-state index in [1.54, 1.807) is 7.11 Å². The van der Waals surface area contributed by atoms with Crippen LogP contribution in [-0.4, -0.2) is 37.7 Å². The lowest BCUT2D eigenvalue weighted by Gasteiger charge is -2.29. The first-order valence-corrected chi connectivity index (χ1v) is 9.10. The summed E-state index contributed by atoms with van der Waals surface area (Å²) < 4.78 is 10.8. The van der Waals surface area contributed by atoms with Crippen LogP contribution in [0.5, 0.6) is 11.5 Å². The molecule has 5 nitrogen and oxygen atoms in total. The Morgan fingerprint density at radius 2 is 2.04 bits per heavy atom. The Kier molecular flexibility index (Phi) is 6.00. The van der Waals surface area contributed by atoms with Crippen LogP contribution in [0.25, 0.3) is 0 Å². The van der Waals surface area contributed by atoms with Crippen molar-refractivity contribution in [2.45, 2.75) is 26.3 Å². The quantitative estimate of drug-likeness (QED) is 0.865. The Hall–Kier alpha value is -2.69. The average molecular weight is 354 g/mol. The summed E-state index contributed by atoms with van der Waals surface area (Å²) in [5, 5.41) is 3.02. The van der Waals surface area contributed by atoms with Gasteiger partial charge in [0.2, 0.25) is 0 Å². The first-order valence-electron chi connectivity index (χ1n) is 9.10. The molecule has 0 aromatic heterocycles. The van der Waals surface area contributed by atoms with Crippen molar-refractivity contribution in [3.8, 4) is 11.5 Å². The maximum atomic E-state index is 12.5. The van der Waals surface area contributed by atoms with Crippen LogP contribution in [0.3, 0.4) is 0 Å². The minimum atomic E-state index is -0.0136. The van der Waals surface area contributed by atoms with Crippen LogP contribution in [0.1, 0.15) is 23.6 Å². The number of urea groups is 1. The van der Waals surface area contributed by atoms with Gasteiger partial charge in [0.15, 0.2) is 0 Å². The summed E-state index contributed by atoms with van der Waals surface area (Å²) in [4.78, 5) is 14.4. The molecular weight excluding hydrogens is 328 g/mol. The topological polar surface area (TPSA) is 50.8 Å². The number of hydrogen-bond acceptors (Lipinski definition) is 3. The van der Waals surface area contributed by atoms with Crippen LogP contribution in [0.4, 0.5) is 4.79 Å². The van der Waals surface area contributed by atoms with Gasteiger partial charge in [0.1, 0.15) is 11.5 Å². The second-order valence-electron chi connectivity index (χ2n) is 6.37. The van der Waals surface area contributed by atoms with Crippen LogP contribution < -0.4 is 14.8 Å². The minimum absolute atomic E-state index is 0.0136. The molecule has 2 amide bonds. The molecule has 5 heteroatoms. The molecular formula is C21H26N2O3. The average Bonchev–Trinajstić information content (AvgIpc) is 2.67. The largest absolute Gasteiger partial charge is 0.497 e. The fourth-order valence-electron chi connectivity index (χ4n) is 3.22. The van der Waals surface area contributed by atoms with Gasteiger partial charge in [0.05, 0.1) is 13.7 Å². The van der Waals surface area contributed by atoms with Crippen molar-refractivity contribution in [3.63, 3.8) is 0 Å². The van der Waals surface area contributed by atoms with Crippen molar-refractivity contribution < 1.29 is 14.3 Å². The normalized spacial score (nSPS) is 13.1. The van der Waals surface area contributed by atoms with Crippen LogP contribution in [0.15, 0.2) is 42.5 Å². The Labute approximate surface area is 154 Å². The highest BCUT2D eigenvalue weighted by Crippen LogP contribution is 2.24. The van der Waals surface area contributed by atoms with Crippen molar-refractivity contribution >= 4 is 6.03 Å². The van der Waals surface area contributed by atoms with Gasteiger partial charge in [-0.25, -0.2) is 4.79 Å². The van der Waals surface area contributed by atoms with E-state index in [0.717, 1.165) is 36.4 Å². The Balaban J connectivity index is 1.53. The van der Waals surface area contributed by atoms with Gasteiger partial charge in [-0.1, -0.05) is 18.2 Å². The second-order valence-corrected chi connectivity index (χ2v) is 6.37. The third kappa shape index (κ3) is 4.48. The van der Waals surface area contributed by atoms with E-state index in [2.05, 4.69) is 17.4 Å². The summed E-state index contributed by atoms with van der Waals surface area (Å²) >= 11 is 0. The van der Waals surface area contributed by atoms with Crippen LogP contribution in [-0.2, 0) is 19.4 Å². The van der Waals surface area contributed by atoms with Crippen molar-refractivity contribution in [1.29, 1.82) is 0 Å².